The molecule has 0 aliphatic heterocycles. The van der Waals surface area contributed by atoms with E-state index < -0.39 is 0 Å². The number of nitrogens with zero attached hydrogens (tertiary/aromatic N) is 2. The van der Waals surface area contributed by atoms with Crippen molar-refractivity contribution in [3.63, 3.8) is 0 Å². The van der Waals surface area contributed by atoms with Crippen molar-refractivity contribution in [3.05, 3.63) is 35.7 Å². The van der Waals surface area contributed by atoms with Crippen LogP contribution in [0, 0.1) is 6.92 Å². The molecule has 5 heteroatoms. The van der Waals surface area contributed by atoms with E-state index in [1.54, 1.807) is 38.1 Å². The monoisotopic (exact) mass is 246 g/mol. The Kier molecular flexibility index (Phi) is 3.32. The van der Waals surface area contributed by atoms with Crippen molar-refractivity contribution < 1.29 is 14.3 Å². The van der Waals surface area contributed by atoms with Crippen LogP contribution >= 0.6 is 0 Å². The van der Waals surface area contributed by atoms with Gasteiger partial charge in [0, 0.05) is 24.4 Å². The maximum atomic E-state index is 10.8. The standard InChI is InChI=1S/C13H14N2O3/c1-9-10(8-16)7-15(14-9)11-4-12(17-2)6-13(5-11)18-3/h4-8H,1-3H3. The number of hydrogen-bond donors (Lipinski definition) is 0. The van der Waals surface area contributed by atoms with Crippen molar-refractivity contribution in [2.24, 2.45) is 0 Å². The summed E-state index contributed by atoms with van der Waals surface area (Å²) in [5, 5.41) is 4.28. The van der Waals surface area contributed by atoms with Gasteiger partial charge in [-0.3, -0.25) is 4.79 Å². The van der Waals surface area contributed by atoms with Crippen molar-refractivity contribution in [2.75, 3.05) is 14.2 Å². The Morgan fingerprint density at radius 3 is 2.22 bits per heavy atom. The third-order valence-corrected chi connectivity index (χ3v) is 2.66. The first-order chi connectivity index (χ1) is 8.67. The fraction of sp³-hybridized carbons (Fsp3) is 0.231. The molecule has 0 N–H and O–H groups in total. The number of aryl methyl sites for hydroxylation is 1. The highest BCUT2D eigenvalue weighted by Crippen LogP contribution is 2.25. The molecule has 0 amide bonds. The fourth-order valence-corrected chi connectivity index (χ4v) is 1.65. The summed E-state index contributed by atoms with van der Waals surface area (Å²) in [6.45, 7) is 1.79. The fourth-order valence-electron chi connectivity index (χ4n) is 1.65. The Morgan fingerprint density at radius 1 is 1.17 bits per heavy atom. The smallest absolute Gasteiger partial charge is 0.153 e. The summed E-state index contributed by atoms with van der Waals surface area (Å²) < 4.78 is 12.0. The lowest BCUT2D eigenvalue weighted by Crippen LogP contribution is -1.97. The average molecular weight is 246 g/mol. The molecule has 2 rings (SSSR count). The third kappa shape index (κ3) is 2.20. The van der Waals surface area contributed by atoms with E-state index in [-0.39, 0.29) is 0 Å². The number of aldehydes is 1. The summed E-state index contributed by atoms with van der Waals surface area (Å²) in [4.78, 5) is 10.8. The molecule has 1 heterocycles. The highest BCUT2D eigenvalue weighted by molar-refractivity contribution is 5.76. The maximum Gasteiger partial charge on any atom is 0.153 e. The number of ether oxygens (including phenoxy) is 2. The van der Waals surface area contributed by atoms with Gasteiger partial charge in [0.15, 0.2) is 6.29 Å². The average Bonchev–Trinajstić information content (AvgIpc) is 2.79. The van der Waals surface area contributed by atoms with Gasteiger partial charge in [-0.05, 0) is 6.92 Å². The molecule has 1 aromatic carbocycles. The molecule has 0 saturated heterocycles. The second-order valence-electron chi connectivity index (χ2n) is 3.80. The van der Waals surface area contributed by atoms with Crippen LogP contribution in [-0.2, 0) is 0 Å². The van der Waals surface area contributed by atoms with Gasteiger partial charge in [-0.2, -0.15) is 5.10 Å². The number of methoxy groups -OCH3 is 2. The molecule has 18 heavy (non-hydrogen) atoms. The minimum Gasteiger partial charge on any atom is -0.497 e. The molecule has 0 aliphatic carbocycles. The van der Waals surface area contributed by atoms with Gasteiger partial charge in [0.2, 0.25) is 0 Å². The molecule has 0 atom stereocenters. The molecule has 1 aromatic heterocycles. The Labute approximate surface area is 105 Å². The van der Waals surface area contributed by atoms with Crippen LogP contribution < -0.4 is 9.47 Å². The summed E-state index contributed by atoms with van der Waals surface area (Å²) in [6, 6.07) is 5.42. The van der Waals surface area contributed by atoms with E-state index >= 15 is 0 Å². The normalized spacial score (nSPS) is 10.2. The molecule has 2 aromatic rings. The zero-order valence-corrected chi connectivity index (χ0v) is 10.5. The lowest BCUT2D eigenvalue weighted by molar-refractivity contribution is 0.112. The van der Waals surface area contributed by atoms with Gasteiger partial charge in [-0.15, -0.1) is 0 Å². The van der Waals surface area contributed by atoms with Gasteiger partial charge >= 0.3 is 0 Å². The second-order valence-corrected chi connectivity index (χ2v) is 3.80. The number of carbonyl (C=O) groups excluding carboxylic acids is 1. The number of benzene rings is 1. The van der Waals surface area contributed by atoms with E-state index in [1.165, 1.54) is 0 Å². The first kappa shape index (κ1) is 12.2. The van der Waals surface area contributed by atoms with Gasteiger partial charge in [0.05, 0.1) is 31.2 Å². The first-order valence-electron chi connectivity index (χ1n) is 5.43. The zero-order chi connectivity index (χ0) is 13.1. The van der Waals surface area contributed by atoms with E-state index in [0.717, 1.165) is 12.0 Å². The molecule has 0 saturated carbocycles. The predicted octanol–water partition coefficient (Wildman–Crippen LogP) is 2.01. The summed E-state index contributed by atoms with van der Waals surface area (Å²) >= 11 is 0. The van der Waals surface area contributed by atoms with Crippen LogP contribution in [0.4, 0.5) is 0 Å². The predicted molar refractivity (Wildman–Crippen MR) is 66.8 cm³/mol. The molecule has 0 radical (unpaired) electrons. The van der Waals surface area contributed by atoms with Crippen molar-refractivity contribution >= 4 is 6.29 Å². The lowest BCUT2D eigenvalue weighted by Gasteiger charge is -2.08. The molecule has 0 fully saturated rings. The van der Waals surface area contributed by atoms with Gasteiger partial charge in [0.1, 0.15) is 11.5 Å². The third-order valence-electron chi connectivity index (χ3n) is 2.66. The summed E-state index contributed by atoms with van der Waals surface area (Å²) in [7, 11) is 3.17. The van der Waals surface area contributed by atoms with Crippen LogP contribution in [0.1, 0.15) is 16.1 Å². The van der Waals surface area contributed by atoms with Crippen LogP contribution in [0.25, 0.3) is 5.69 Å². The molecule has 0 bridgehead atoms. The molecule has 0 unspecified atom stereocenters. The van der Waals surface area contributed by atoms with Crippen LogP contribution in [-0.4, -0.2) is 30.3 Å². The van der Waals surface area contributed by atoms with Gasteiger partial charge in [0.25, 0.3) is 0 Å². The van der Waals surface area contributed by atoms with Gasteiger partial charge in [-0.25, -0.2) is 4.68 Å². The highest BCUT2D eigenvalue weighted by Gasteiger charge is 2.08. The number of rotatable bonds is 4. The van der Waals surface area contributed by atoms with E-state index in [4.69, 9.17) is 9.47 Å². The zero-order valence-electron chi connectivity index (χ0n) is 10.5. The van der Waals surface area contributed by atoms with Crippen molar-refractivity contribution in [2.45, 2.75) is 6.92 Å². The molecule has 5 nitrogen and oxygen atoms in total. The van der Waals surface area contributed by atoms with Crippen LogP contribution in [0.3, 0.4) is 0 Å². The minimum absolute atomic E-state index is 0.566. The largest absolute Gasteiger partial charge is 0.497 e. The van der Waals surface area contributed by atoms with Gasteiger partial charge < -0.3 is 9.47 Å². The summed E-state index contributed by atoms with van der Waals surface area (Å²) in [5.74, 6) is 1.34. The van der Waals surface area contributed by atoms with Crippen LogP contribution in [0.15, 0.2) is 24.4 Å². The Bertz CT molecular complexity index is 553. The topological polar surface area (TPSA) is 53.4 Å². The molecule has 0 spiro atoms. The van der Waals surface area contributed by atoms with E-state index in [1.807, 2.05) is 12.1 Å². The van der Waals surface area contributed by atoms with Crippen molar-refractivity contribution in [3.8, 4) is 17.2 Å². The number of carbonyl (C=O) groups is 1. The van der Waals surface area contributed by atoms with Crippen molar-refractivity contribution in [1.82, 2.24) is 9.78 Å². The Hall–Kier alpha value is -2.30. The molecule has 94 valence electrons. The van der Waals surface area contributed by atoms with Crippen molar-refractivity contribution in [1.29, 1.82) is 0 Å². The molecular formula is C13H14N2O3. The highest BCUT2D eigenvalue weighted by atomic mass is 16.5. The molecule has 0 aliphatic rings. The second kappa shape index (κ2) is 4.91. The van der Waals surface area contributed by atoms with E-state index in [2.05, 4.69) is 5.10 Å². The molecular weight excluding hydrogens is 232 g/mol. The Balaban J connectivity index is 2.51. The SMILES string of the molecule is COc1cc(OC)cc(-n2cc(C=O)c(C)n2)c1. The van der Waals surface area contributed by atoms with E-state index in [9.17, 15) is 4.79 Å². The number of hydrogen-bond acceptors (Lipinski definition) is 4. The summed E-state index contributed by atoms with van der Waals surface area (Å²) in [5.41, 5.74) is 2.03. The minimum atomic E-state index is 0.566. The first-order valence-corrected chi connectivity index (χ1v) is 5.43. The van der Waals surface area contributed by atoms with Crippen LogP contribution in [0.5, 0.6) is 11.5 Å². The maximum absolute atomic E-state index is 10.8. The van der Waals surface area contributed by atoms with Crippen LogP contribution in [0.2, 0.25) is 0 Å². The summed E-state index contributed by atoms with van der Waals surface area (Å²) in [6.07, 6.45) is 2.47. The van der Waals surface area contributed by atoms with Gasteiger partial charge in [-0.1, -0.05) is 0 Å². The number of aromatic nitrogens is 2. The lowest BCUT2D eigenvalue weighted by atomic mass is 10.2. The van der Waals surface area contributed by atoms with E-state index in [0.29, 0.717) is 22.8 Å². The quantitative estimate of drug-likeness (QED) is 0.774. The Morgan fingerprint density at radius 2 is 1.78 bits per heavy atom.